The molecule has 0 bridgehead atoms. The fraction of sp³-hybridized carbons (Fsp3) is 0.147. The number of carbonyl (C=O) groups is 3. The molecule has 0 aromatic heterocycles. The van der Waals surface area contributed by atoms with Gasteiger partial charge in [0.25, 0.3) is 11.8 Å². The van der Waals surface area contributed by atoms with Crippen molar-refractivity contribution in [3.05, 3.63) is 118 Å². The number of para-hydroxylation sites is 1. The maximum atomic E-state index is 13.6. The van der Waals surface area contributed by atoms with Crippen molar-refractivity contribution < 1.29 is 23.9 Å². The van der Waals surface area contributed by atoms with Crippen molar-refractivity contribution in [1.29, 1.82) is 0 Å². The highest BCUT2D eigenvalue weighted by atomic mass is 79.9. The van der Waals surface area contributed by atoms with Crippen molar-refractivity contribution in [3.63, 3.8) is 0 Å². The van der Waals surface area contributed by atoms with Gasteiger partial charge in [0, 0.05) is 31.9 Å². The molecule has 1 atom stereocenters. The molecule has 1 unspecified atom stereocenters. The van der Waals surface area contributed by atoms with Crippen LogP contribution >= 0.6 is 27.7 Å². The van der Waals surface area contributed by atoms with Crippen LogP contribution in [0, 0.1) is 0 Å². The number of hydrogen-bond donors (Lipinski definition) is 3. The van der Waals surface area contributed by atoms with Crippen molar-refractivity contribution in [2.75, 3.05) is 24.9 Å². The Hall–Kier alpha value is -4.54. The number of ether oxygens (including phenoxy) is 2. The summed E-state index contributed by atoms with van der Waals surface area (Å²) in [5.74, 6) is -0.202. The van der Waals surface area contributed by atoms with Crippen LogP contribution in [0.2, 0.25) is 0 Å². The van der Waals surface area contributed by atoms with E-state index < -0.39 is 11.8 Å². The number of hydrogen-bond acceptors (Lipinski definition) is 6. The largest absolute Gasteiger partial charge is 0.493 e. The number of nitrogens with one attached hydrogen (secondary N) is 3. The lowest BCUT2D eigenvalue weighted by Gasteiger charge is -2.16. The van der Waals surface area contributed by atoms with E-state index in [1.54, 1.807) is 66.7 Å². The van der Waals surface area contributed by atoms with Crippen molar-refractivity contribution in [1.82, 2.24) is 5.32 Å². The molecule has 10 heteroatoms. The summed E-state index contributed by atoms with van der Waals surface area (Å²) in [6, 6.07) is 28.5. The quantitative estimate of drug-likeness (QED) is 0.107. The summed E-state index contributed by atoms with van der Waals surface area (Å²) in [4.78, 5) is 40.5. The molecule has 0 aliphatic heterocycles. The summed E-state index contributed by atoms with van der Waals surface area (Å²) in [5, 5.41) is 8.22. The van der Waals surface area contributed by atoms with Crippen LogP contribution in [0.5, 0.6) is 11.5 Å². The summed E-state index contributed by atoms with van der Waals surface area (Å²) in [7, 11) is 3.03. The van der Waals surface area contributed by atoms with Gasteiger partial charge in [-0.3, -0.25) is 14.4 Å². The highest BCUT2D eigenvalue weighted by Gasteiger charge is 2.20. The van der Waals surface area contributed by atoms with Crippen LogP contribution in [0.3, 0.4) is 0 Å². The Morgan fingerprint density at radius 1 is 0.841 bits per heavy atom. The average molecular weight is 675 g/mol. The van der Waals surface area contributed by atoms with Crippen LogP contribution in [-0.4, -0.2) is 37.2 Å². The van der Waals surface area contributed by atoms with E-state index in [4.69, 9.17) is 9.47 Å². The summed E-state index contributed by atoms with van der Waals surface area (Å²) < 4.78 is 11.9. The minimum absolute atomic E-state index is 0.00349. The molecular weight excluding hydrogens is 642 g/mol. The number of benzene rings is 4. The second-order valence-corrected chi connectivity index (χ2v) is 11.6. The molecule has 0 aliphatic rings. The van der Waals surface area contributed by atoms with Gasteiger partial charge in [0.1, 0.15) is 5.70 Å². The number of amides is 3. The van der Waals surface area contributed by atoms with Crippen molar-refractivity contribution in [3.8, 4) is 11.5 Å². The van der Waals surface area contributed by atoms with Crippen molar-refractivity contribution in [2.45, 2.75) is 23.5 Å². The van der Waals surface area contributed by atoms with E-state index in [0.29, 0.717) is 40.4 Å². The zero-order valence-corrected chi connectivity index (χ0v) is 26.8. The first-order valence-corrected chi connectivity index (χ1v) is 15.4. The summed E-state index contributed by atoms with van der Waals surface area (Å²) in [5.41, 5.74) is 2.15. The van der Waals surface area contributed by atoms with Gasteiger partial charge in [0.15, 0.2) is 11.5 Å². The maximum Gasteiger partial charge on any atom is 0.272 e. The summed E-state index contributed by atoms with van der Waals surface area (Å²) in [6.45, 7) is 1.95. The Kier molecular flexibility index (Phi) is 11.6. The number of carbonyl (C=O) groups excluding carboxylic acids is 3. The molecule has 0 saturated heterocycles. The van der Waals surface area contributed by atoms with Gasteiger partial charge in [-0.1, -0.05) is 59.3 Å². The normalized spacial score (nSPS) is 11.7. The molecule has 4 rings (SSSR count). The Balaban J connectivity index is 1.55. The third-order valence-corrected chi connectivity index (χ3v) is 8.29. The third-order valence-electron chi connectivity index (χ3n) is 6.41. The van der Waals surface area contributed by atoms with Gasteiger partial charge in [0.05, 0.1) is 19.5 Å². The maximum absolute atomic E-state index is 13.6. The van der Waals surface area contributed by atoms with E-state index >= 15 is 0 Å². The standard InChI is InChI=1S/C34H32BrN3O5S/c1-4-30(34(41)36-25-18-16-24(35)17-19-25)44-27-14-9-13-26(21-27)37-33(40)28(38-32(39)22-10-6-5-7-11-22)20-23-12-8-15-29(42-2)31(23)43-3/h5-21,30H,4H2,1-3H3,(H,36,41)(H,37,40)(H,38,39)/b28-20+. The molecular formula is C34H32BrN3O5S. The molecule has 0 heterocycles. The van der Waals surface area contributed by atoms with E-state index in [1.807, 2.05) is 37.3 Å². The van der Waals surface area contributed by atoms with E-state index in [-0.39, 0.29) is 16.9 Å². The number of anilines is 2. The SMILES string of the molecule is CCC(Sc1cccc(NC(=O)/C(=C\c2cccc(OC)c2OC)NC(=O)c2ccccc2)c1)C(=O)Nc1ccc(Br)cc1. The van der Waals surface area contributed by atoms with Crippen LogP contribution in [0.4, 0.5) is 11.4 Å². The zero-order valence-electron chi connectivity index (χ0n) is 24.4. The fourth-order valence-corrected chi connectivity index (χ4v) is 5.49. The Bertz CT molecular complexity index is 1640. The molecule has 4 aromatic carbocycles. The molecule has 0 fully saturated rings. The molecule has 44 heavy (non-hydrogen) atoms. The number of rotatable bonds is 12. The van der Waals surface area contributed by atoms with Crippen LogP contribution < -0.4 is 25.4 Å². The van der Waals surface area contributed by atoms with Crippen LogP contribution in [-0.2, 0) is 9.59 Å². The predicted molar refractivity (Wildman–Crippen MR) is 179 cm³/mol. The number of thioether (sulfide) groups is 1. The topological polar surface area (TPSA) is 106 Å². The summed E-state index contributed by atoms with van der Waals surface area (Å²) >= 11 is 4.80. The molecule has 0 aliphatic carbocycles. The lowest BCUT2D eigenvalue weighted by molar-refractivity contribution is -0.116. The molecule has 4 aromatic rings. The van der Waals surface area contributed by atoms with Gasteiger partial charge in [-0.2, -0.15) is 0 Å². The van der Waals surface area contributed by atoms with Crippen LogP contribution in [0.1, 0.15) is 29.3 Å². The monoisotopic (exact) mass is 673 g/mol. The molecule has 0 radical (unpaired) electrons. The van der Waals surface area contributed by atoms with Gasteiger partial charge < -0.3 is 25.4 Å². The highest BCUT2D eigenvalue weighted by molar-refractivity contribution is 9.10. The zero-order chi connectivity index (χ0) is 31.5. The fourth-order valence-electron chi connectivity index (χ4n) is 4.21. The number of halogens is 1. The van der Waals surface area contributed by atoms with E-state index in [1.165, 1.54) is 32.1 Å². The lowest BCUT2D eigenvalue weighted by Crippen LogP contribution is -2.30. The molecule has 3 amide bonds. The van der Waals surface area contributed by atoms with Crippen LogP contribution in [0.15, 0.2) is 112 Å². The van der Waals surface area contributed by atoms with Crippen molar-refractivity contribution in [2.24, 2.45) is 0 Å². The highest BCUT2D eigenvalue weighted by Crippen LogP contribution is 2.32. The second-order valence-electron chi connectivity index (χ2n) is 9.45. The Labute approximate surface area is 269 Å². The van der Waals surface area contributed by atoms with Gasteiger partial charge in [-0.05, 0) is 73.2 Å². The molecule has 8 nitrogen and oxygen atoms in total. The first kappa shape index (κ1) is 32.4. The predicted octanol–water partition coefficient (Wildman–Crippen LogP) is 7.39. The minimum Gasteiger partial charge on any atom is -0.493 e. The second kappa shape index (κ2) is 15.8. The van der Waals surface area contributed by atoms with Gasteiger partial charge >= 0.3 is 0 Å². The molecule has 0 saturated carbocycles. The molecule has 226 valence electrons. The Morgan fingerprint density at radius 3 is 2.25 bits per heavy atom. The van der Waals surface area contributed by atoms with Crippen molar-refractivity contribution >= 4 is 62.9 Å². The molecule has 0 spiro atoms. The first-order valence-electron chi connectivity index (χ1n) is 13.7. The average Bonchev–Trinajstić information content (AvgIpc) is 3.04. The third kappa shape index (κ3) is 8.75. The first-order chi connectivity index (χ1) is 21.3. The van der Waals surface area contributed by atoms with Gasteiger partial charge in [0.2, 0.25) is 5.91 Å². The minimum atomic E-state index is -0.540. The summed E-state index contributed by atoms with van der Waals surface area (Å²) in [6.07, 6.45) is 2.14. The van der Waals surface area contributed by atoms with Gasteiger partial charge in [-0.25, -0.2) is 0 Å². The van der Waals surface area contributed by atoms with E-state index in [2.05, 4.69) is 31.9 Å². The van der Waals surface area contributed by atoms with E-state index in [0.717, 1.165) is 9.37 Å². The Morgan fingerprint density at radius 2 is 1.57 bits per heavy atom. The number of methoxy groups -OCH3 is 2. The van der Waals surface area contributed by atoms with Gasteiger partial charge in [-0.15, -0.1) is 11.8 Å². The van der Waals surface area contributed by atoms with Crippen LogP contribution in [0.25, 0.3) is 6.08 Å². The smallest absolute Gasteiger partial charge is 0.272 e. The lowest BCUT2D eigenvalue weighted by atomic mass is 10.1. The van der Waals surface area contributed by atoms with E-state index in [9.17, 15) is 14.4 Å². The molecule has 3 N–H and O–H groups in total.